The van der Waals surface area contributed by atoms with Gasteiger partial charge in [-0.3, -0.25) is 4.79 Å². The first-order chi connectivity index (χ1) is 12.0. The topological polar surface area (TPSA) is 42.0 Å². The van der Waals surface area contributed by atoms with Crippen molar-refractivity contribution >= 4 is 28.6 Å². The van der Waals surface area contributed by atoms with E-state index in [1.807, 2.05) is 42.1 Å². The Morgan fingerprint density at radius 3 is 2.76 bits per heavy atom. The minimum atomic E-state index is -0.481. The molecule has 3 aromatic rings. The zero-order chi connectivity index (χ0) is 17.9. The number of rotatable bonds is 6. The highest BCUT2D eigenvalue weighted by atomic mass is 32.1. The largest absolute Gasteiger partial charge is 0.355 e. The van der Waals surface area contributed by atoms with Gasteiger partial charge in [-0.2, -0.15) is 11.3 Å². The highest BCUT2D eigenvalue weighted by Gasteiger charge is 2.24. The van der Waals surface area contributed by atoms with Gasteiger partial charge in [-0.25, -0.2) is 9.37 Å². The molecule has 6 heteroatoms. The molecule has 25 heavy (non-hydrogen) atoms. The lowest BCUT2D eigenvalue weighted by Crippen LogP contribution is -2.38. The molecule has 0 spiro atoms. The van der Waals surface area contributed by atoms with Crippen LogP contribution in [0.2, 0.25) is 0 Å². The van der Waals surface area contributed by atoms with Gasteiger partial charge in [0.1, 0.15) is 10.8 Å². The van der Waals surface area contributed by atoms with Crippen LogP contribution in [0.5, 0.6) is 0 Å². The maximum Gasteiger partial charge on any atom is 0.226 e. The zero-order valence-electron chi connectivity index (χ0n) is 14.1. The van der Waals surface area contributed by atoms with E-state index in [2.05, 4.69) is 10.3 Å². The summed E-state index contributed by atoms with van der Waals surface area (Å²) in [4.78, 5) is 16.7. The predicted molar refractivity (Wildman–Crippen MR) is 102 cm³/mol. The second-order valence-electron chi connectivity index (χ2n) is 6.47. The lowest BCUT2D eigenvalue weighted by atomic mass is 9.84. The van der Waals surface area contributed by atoms with E-state index in [0.717, 1.165) is 16.3 Å². The molecule has 0 fully saturated rings. The Morgan fingerprint density at radius 2 is 2.04 bits per heavy atom. The van der Waals surface area contributed by atoms with Crippen LogP contribution in [0.4, 0.5) is 4.39 Å². The molecule has 0 bridgehead atoms. The number of nitrogens with one attached hydrogen (secondary N) is 1. The van der Waals surface area contributed by atoms with Gasteiger partial charge in [-0.15, -0.1) is 11.3 Å². The summed E-state index contributed by atoms with van der Waals surface area (Å²) in [6.07, 6.45) is 0.230. The number of hydrogen-bond donors (Lipinski definition) is 1. The number of benzene rings is 1. The van der Waals surface area contributed by atoms with E-state index >= 15 is 0 Å². The van der Waals surface area contributed by atoms with E-state index < -0.39 is 5.41 Å². The summed E-state index contributed by atoms with van der Waals surface area (Å²) in [5.74, 6) is -0.353. The molecule has 130 valence electrons. The molecule has 0 saturated heterocycles. The second kappa shape index (κ2) is 7.45. The van der Waals surface area contributed by atoms with Crippen LogP contribution in [0.3, 0.4) is 0 Å². The first-order valence-electron chi connectivity index (χ1n) is 7.94. The van der Waals surface area contributed by atoms with Crippen molar-refractivity contribution < 1.29 is 9.18 Å². The van der Waals surface area contributed by atoms with E-state index in [4.69, 9.17) is 0 Å². The number of thiazole rings is 1. The third-order valence-corrected chi connectivity index (χ3v) is 5.62. The lowest BCUT2D eigenvalue weighted by Gasteiger charge is -2.26. The molecule has 0 aliphatic carbocycles. The Bertz CT molecular complexity index is 856. The third-order valence-electron chi connectivity index (χ3n) is 3.99. The molecule has 1 aromatic carbocycles. The fourth-order valence-electron chi connectivity index (χ4n) is 2.56. The molecule has 0 aliphatic rings. The van der Waals surface area contributed by atoms with E-state index in [1.165, 1.54) is 17.4 Å². The zero-order valence-corrected chi connectivity index (χ0v) is 15.7. The third kappa shape index (κ3) is 4.32. The van der Waals surface area contributed by atoms with Gasteiger partial charge in [0.15, 0.2) is 0 Å². The van der Waals surface area contributed by atoms with Gasteiger partial charge in [0.05, 0.1) is 12.1 Å². The molecule has 3 rings (SSSR count). The summed E-state index contributed by atoms with van der Waals surface area (Å²) in [6, 6.07) is 8.70. The van der Waals surface area contributed by atoms with Gasteiger partial charge in [0, 0.05) is 28.3 Å². The van der Waals surface area contributed by atoms with Crippen LogP contribution in [0.15, 0.2) is 46.5 Å². The van der Waals surface area contributed by atoms with Crippen molar-refractivity contribution in [2.45, 2.75) is 25.7 Å². The summed E-state index contributed by atoms with van der Waals surface area (Å²) in [5.41, 5.74) is 1.96. The van der Waals surface area contributed by atoms with Gasteiger partial charge in [0.25, 0.3) is 0 Å². The first-order valence-corrected chi connectivity index (χ1v) is 9.76. The molecule has 0 atom stereocenters. The van der Waals surface area contributed by atoms with E-state index in [0.29, 0.717) is 12.1 Å². The molecule has 0 unspecified atom stereocenters. The lowest BCUT2D eigenvalue weighted by molar-refractivity contribution is -0.120. The van der Waals surface area contributed by atoms with Gasteiger partial charge in [-0.1, -0.05) is 32.0 Å². The van der Waals surface area contributed by atoms with Crippen molar-refractivity contribution in [1.82, 2.24) is 10.3 Å². The van der Waals surface area contributed by atoms with Gasteiger partial charge in [0.2, 0.25) is 5.91 Å². The van der Waals surface area contributed by atoms with Crippen molar-refractivity contribution in [3.05, 3.63) is 63.5 Å². The smallest absolute Gasteiger partial charge is 0.226 e. The number of carbonyl (C=O) groups is 1. The molecule has 0 aliphatic heterocycles. The molecular formula is C19H19FN2OS2. The number of nitrogens with zero attached hydrogens (tertiary/aromatic N) is 1. The fourth-order valence-corrected chi connectivity index (χ4v) is 4.09. The Morgan fingerprint density at radius 1 is 1.24 bits per heavy atom. The molecule has 0 radical (unpaired) electrons. The second-order valence-corrected chi connectivity index (χ2v) is 8.11. The van der Waals surface area contributed by atoms with Crippen LogP contribution in [-0.4, -0.2) is 17.4 Å². The summed E-state index contributed by atoms with van der Waals surface area (Å²) in [6.45, 7) is 4.21. The van der Waals surface area contributed by atoms with E-state index in [1.54, 1.807) is 23.5 Å². The molecular weight excluding hydrogens is 355 g/mol. The number of thiophene rings is 1. The number of aromatic nitrogens is 1. The average molecular weight is 375 g/mol. The van der Waals surface area contributed by atoms with Crippen molar-refractivity contribution in [3.8, 4) is 10.6 Å². The molecule has 2 heterocycles. The maximum absolute atomic E-state index is 14.0. The minimum absolute atomic E-state index is 0.105. The summed E-state index contributed by atoms with van der Waals surface area (Å²) in [5, 5.41) is 9.79. The summed E-state index contributed by atoms with van der Waals surface area (Å²) >= 11 is 3.16. The molecule has 0 saturated carbocycles. The van der Waals surface area contributed by atoms with Crippen LogP contribution >= 0.6 is 22.7 Å². The Balaban J connectivity index is 1.59. The Kier molecular flexibility index (Phi) is 5.30. The van der Waals surface area contributed by atoms with E-state index in [-0.39, 0.29) is 18.1 Å². The SMILES string of the molecule is CC(C)(CNC(=O)Cc1csc(-c2ccsc2)n1)c1ccccc1F. The molecule has 2 aromatic heterocycles. The molecule has 1 amide bonds. The Hall–Kier alpha value is -2.05. The fraction of sp³-hybridized carbons (Fsp3) is 0.263. The normalized spacial score (nSPS) is 11.5. The van der Waals surface area contributed by atoms with E-state index in [9.17, 15) is 9.18 Å². The van der Waals surface area contributed by atoms with Crippen molar-refractivity contribution in [3.63, 3.8) is 0 Å². The summed E-state index contributed by atoms with van der Waals surface area (Å²) in [7, 11) is 0. The Labute approximate surface area is 154 Å². The quantitative estimate of drug-likeness (QED) is 0.682. The number of amides is 1. The van der Waals surface area contributed by atoms with Crippen LogP contribution in [0.1, 0.15) is 25.1 Å². The van der Waals surface area contributed by atoms with Crippen LogP contribution in [0, 0.1) is 5.82 Å². The average Bonchev–Trinajstić information content (AvgIpc) is 3.24. The molecule has 3 nitrogen and oxygen atoms in total. The van der Waals surface area contributed by atoms with Crippen LogP contribution in [-0.2, 0) is 16.6 Å². The first kappa shape index (κ1) is 17.8. The monoisotopic (exact) mass is 374 g/mol. The number of carbonyl (C=O) groups excluding carboxylic acids is 1. The number of hydrogen-bond acceptors (Lipinski definition) is 4. The van der Waals surface area contributed by atoms with Crippen molar-refractivity contribution in [1.29, 1.82) is 0 Å². The van der Waals surface area contributed by atoms with Crippen LogP contribution in [0.25, 0.3) is 10.6 Å². The van der Waals surface area contributed by atoms with Gasteiger partial charge in [-0.05, 0) is 23.1 Å². The van der Waals surface area contributed by atoms with Crippen molar-refractivity contribution in [2.75, 3.05) is 6.54 Å². The standard InChI is InChI=1S/C19H19FN2OS2/c1-19(2,15-5-3-4-6-16(15)20)12-21-17(23)9-14-11-25-18(22-14)13-7-8-24-10-13/h3-8,10-11H,9,12H2,1-2H3,(H,21,23). The minimum Gasteiger partial charge on any atom is -0.355 e. The van der Waals surface area contributed by atoms with Crippen LogP contribution < -0.4 is 5.32 Å². The highest BCUT2D eigenvalue weighted by Crippen LogP contribution is 2.26. The van der Waals surface area contributed by atoms with Crippen molar-refractivity contribution in [2.24, 2.45) is 0 Å². The summed E-state index contributed by atoms with van der Waals surface area (Å²) < 4.78 is 14.0. The predicted octanol–water partition coefficient (Wildman–Crippen LogP) is 4.65. The highest BCUT2D eigenvalue weighted by molar-refractivity contribution is 7.14. The van der Waals surface area contributed by atoms with Gasteiger partial charge >= 0.3 is 0 Å². The molecule has 1 N–H and O–H groups in total. The maximum atomic E-state index is 14.0. The number of halogens is 1. The van der Waals surface area contributed by atoms with Gasteiger partial charge < -0.3 is 5.32 Å².